The molecular formula is C12H22N4O2. The smallest absolute Gasteiger partial charge is 0.226 e. The third kappa shape index (κ3) is 3.07. The lowest BCUT2D eigenvalue weighted by Crippen LogP contribution is -2.48. The van der Waals surface area contributed by atoms with Crippen molar-refractivity contribution in [1.82, 2.24) is 15.0 Å². The van der Waals surface area contributed by atoms with E-state index in [0.29, 0.717) is 31.1 Å². The van der Waals surface area contributed by atoms with E-state index in [2.05, 4.69) is 15.0 Å². The normalized spacial score (nSPS) is 25.5. The summed E-state index contributed by atoms with van der Waals surface area (Å²) in [6.45, 7) is 4.32. The molecule has 0 aromatic carbocycles. The predicted octanol–water partition coefficient (Wildman–Crippen LogP) is 0.570. The Labute approximate surface area is 107 Å². The Bertz CT molecular complexity index is 369. The molecule has 0 saturated carbocycles. The first-order chi connectivity index (χ1) is 8.76. The minimum atomic E-state index is 0.325. The number of nitrogens with zero attached hydrogens (tertiary/aromatic N) is 3. The summed E-state index contributed by atoms with van der Waals surface area (Å²) in [6, 6.07) is 0.340. The Balaban J connectivity index is 1.95. The standard InChI is InChI=1S/C12H22N4O2/c1-3-12-14-11(15-18-12)8-16-5-4-10(17-2)6-9(16)7-13/h9-10H,3-8,13H2,1-2H3. The highest BCUT2D eigenvalue weighted by Crippen LogP contribution is 2.20. The minimum Gasteiger partial charge on any atom is -0.381 e. The summed E-state index contributed by atoms with van der Waals surface area (Å²) in [5.41, 5.74) is 5.83. The van der Waals surface area contributed by atoms with Crippen LogP contribution in [0.3, 0.4) is 0 Å². The molecule has 2 unspecified atom stereocenters. The molecule has 1 aromatic heterocycles. The van der Waals surface area contributed by atoms with Crippen LogP contribution in [0.4, 0.5) is 0 Å². The third-order valence-electron chi connectivity index (χ3n) is 3.55. The van der Waals surface area contributed by atoms with E-state index < -0.39 is 0 Å². The van der Waals surface area contributed by atoms with Gasteiger partial charge in [0.25, 0.3) is 0 Å². The molecule has 102 valence electrons. The molecule has 18 heavy (non-hydrogen) atoms. The summed E-state index contributed by atoms with van der Waals surface area (Å²) < 4.78 is 10.5. The Morgan fingerprint density at radius 1 is 1.56 bits per heavy atom. The van der Waals surface area contributed by atoms with E-state index in [-0.39, 0.29) is 0 Å². The number of ether oxygens (including phenoxy) is 1. The molecule has 2 rings (SSSR count). The van der Waals surface area contributed by atoms with Crippen LogP contribution >= 0.6 is 0 Å². The van der Waals surface area contributed by atoms with Crippen molar-refractivity contribution in [3.05, 3.63) is 11.7 Å². The molecule has 6 nitrogen and oxygen atoms in total. The number of methoxy groups -OCH3 is 1. The summed E-state index contributed by atoms with van der Waals surface area (Å²) >= 11 is 0. The van der Waals surface area contributed by atoms with E-state index in [0.717, 1.165) is 31.6 Å². The van der Waals surface area contributed by atoms with E-state index >= 15 is 0 Å². The number of rotatable bonds is 5. The van der Waals surface area contributed by atoms with Gasteiger partial charge in [-0.3, -0.25) is 4.90 Å². The van der Waals surface area contributed by atoms with Gasteiger partial charge in [-0.15, -0.1) is 0 Å². The quantitative estimate of drug-likeness (QED) is 0.827. The van der Waals surface area contributed by atoms with Gasteiger partial charge >= 0.3 is 0 Å². The van der Waals surface area contributed by atoms with Gasteiger partial charge in [0, 0.05) is 32.7 Å². The molecule has 2 N–H and O–H groups in total. The summed E-state index contributed by atoms with van der Waals surface area (Å²) in [7, 11) is 1.76. The molecular weight excluding hydrogens is 232 g/mol. The number of aromatic nitrogens is 2. The highest BCUT2D eigenvalue weighted by atomic mass is 16.5. The average molecular weight is 254 g/mol. The molecule has 1 saturated heterocycles. The van der Waals surface area contributed by atoms with Crippen LogP contribution < -0.4 is 5.73 Å². The highest BCUT2D eigenvalue weighted by Gasteiger charge is 2.28. The van der Waals surface area contributed by atoms with Crippen LogP contribution in [0.2, 0.25) is 0 Å². The van der Waals surface area contributed by atoms with Crippen molar-refractivity contribution in [1.29, 1.82) is 0 Å². The molecule has 0 bridgehead atoms. The van der Waals surface area contributed by atoms with Gasteiger partial charge in [0.1, 0.15) is 0 Å². The van der Waals surface area contributed by atoms with Gasteiger partial charge in [0.15, 0.2) is 5.82 Å². The predicted molar refractivity (Wildman–Crippen MR) is 67.0 cm³/mol. The summed E-state index contributed by atoms with van der Waals surface area (Å²) in [5.74, 6) is 1.45. The van der Waals surface area contributed by atoms with Crippen LogP contribution in [0.5, 0.6) is 0 Å². The summed E-state index contributed by atoms with van der Waals surface area (Å²) in [6.07, 6.45) is 3.11. The lowest BCUT2D eigenvalue weighted by atomic mass is 9.99. The Morgan fingerprint density at radius 3 is 3.00 bits per heavy atom. The number of aryl methyl sites for hydroxylation is 1. The van der Waals surface area contributed by atoms with Gasteiger partial charge in [0.05, 0.1) is 12.6 Å². The number of hydrogen-bond donors (Lipinski definition) is 1. The number of nitrogens with two attached hydrogens (primary N) is 1. The molecule has 0 amide bonds. The van der Waals surface area contributed by atoms with Crippen molar-refractivity contribution >= 4 is 0 Å². The number of hydrogen-bond acceptors (Lipinski definition) is 6. The number of piperidine rings is 1. The molecule has 0 aliphatic carbocycles. The van der Waals surface area contributed by atoms with E-state index in [1.807, 2.05) is 6.92 Å². The first-order valence-corrected chi connectivity index (χ1v) is 6.55. The maximum absolute atomic E-state index is 5.83. The highest BCUT2D eigenvalue weighted by molar-refractivity contribution is 4.90. The van der Waals surface area contributed by atoms with Gasteiger partial charge < -0.3 is 15.0 Å². The van der Waals surface area contributed by atoms with Gasteiger partial charge in [-0.2, -0.15) is 4.98 Å². The second-order valence-corrected chi connectivity index (χ2v) is 4.70. The molecule has 0 radical (unpaired) electrons. The monoisotopic (exact) mass is 254 g/mol. The SMILES string of the molecule is CCc1nc(CN2CCC(OC)CC2CN)no1. The van der Waals surface area contributed by atoms with Crippen molar-refractivity contribution < 1.29 is 9.26 Å². The fourth-order valence-electron chi connectivity index (χ4n) is 2.41. The first kappa shape index (κ1) is 13.5. The third-order valence-corrected chi connectivity index (χ3v) is 3.55. The van der Waals surface area contributed by atoms with Crippen LogP contribution in [0.15, 0.2) is 4.52 Å². The fraction of sp³-hybridized carbons (Fsp3) is 0.833. The van der Waals surface area contributed by atoms with Crippen LogP contribution in [0.1, 0.15) is 31.5 Å². The molecule has 2 heterocycles. The van der Waals surface area contributed by atoms with Crippen molar-refractivity contribution in [3.8, 4) is 0 Å². The zero-order chi connectivity index (χ0) is 13.0. The van der Waals surface area contributed by atoms with Gasteiger partial charge in [-0.05, 0) is 12.8 Å². The van der Waals surface area contributed by atoms with Crippen LogP contribution in [-0.2, 0) is 17.7 Å². The zero-order valence-electron chi connectivity index (χ0n) is 11.1. The van der Waals surface area contributed by atoms with Crippen molar-refractivity contribution in [2.75, 3.05) is 20.2 Å². The van der Waals surface area contributed by atoms with Crippen molar-refractivity contribution in [2.45, 2.75) is 44.9 Å². The van der Waals surface area contributed by atoms with E-state index in [9.17, 15) is 0 Å². The molecule has 1 aliphatic heterocycles. The lowest BCUT2D eigenvalue weighted by molar-refractivity contribution is 0.00910. The molecule has 1 aromatic rings. The maximum Gasteiger partial charge on any atom is 0.226 e. The van der Waals surface area contributed by atoms with Crippen molar-refractivity contribution in [2.24, 2.45) is 5.73 Å². The van der Waals surface area contributed by atoms with Crippen molar-refractivity contribution in [3.63, 3.8) is 0 Å². The lowest BCUT2D eigenvalue weighted by Gasteiger charge is -2.37. The largest absolute Gasteiger partial charge is 0.381 e. The van der Waals surface area contributed by atoms with E-state index in [1.54, 1.807) is 7.11 Å². The fourth-order valence-corrected chi connectivity index (χ4v) is 2.41. The van der Waals surface area contributed by atoms with Crippen LogP contribution in [-0.4, -0.2) is 47.4 Å². The first-order valence-electron chi connectivity index (χ1n) is 6.55. The molecule has 1 fully saturated rings. The average Bonchev–Trinajstić information content (AvgIpc) is 2.87. The molecule has 6 heteroatoms. The van der Waals surface area contributed by atoms with Gasteiger partial charge in [-0.25, -0.2) is 0 Å². The zero-order valence-corrected chi connectivity index (χ0v) is 11.1. The van der Waals surface area contributed by atoms with Crippen LogP contribution in [0.25, 0.3) is 0 Å². The maximum atomic E-state index is 5.83. The molecule has 0 spiro atoms. The second kappa shape index (κ2) is 6.26. The molecule has 2 atom stereocenters. The summed E-state index contributed by atoms with van der Waals surface area (Å²) in [4.78, 5) is 6.66. The second-order valence-electron chi connectivity index (χ2n) is 4.70. The van der Waals surface area contributed by atoms with Gasteiger partial charge in [-0.1, -0.05) is 12.1 Å². The summed E-state index contributed by atoms with van der Waals surface area (Å²) in [5, 5.41) is 3.99. The topological polar surface area (TPSA) is 77.4 Å². The Hall–Kier alpha value is -0.980. The molecule has 1 aliphatic rings. The van der Waals surface area contributed by atoms with Crippen LogP contribution in [0, 0.1) is 0 Å². The Morgan fingerprint density at radius 2 is 2.39 bits per heavy atom. The van der Waals surface area contributed by atoms with E-state index in [4.69, 9.17) is 15.0 Å². The Kier molecular flexibility index (Phi) is 4.68. The van der Waals surface area contributed by atoms with Gasteiger partial charge in [0.2, 0.25) is 5.89 Å². The minimum absolute atomic E-state index is 0.325. The van der Waals surface area contributed by atoms with E-state index in [1.165, 1.54) is 0 Å². The number of likely N-dealkylation sites (tertiary alicyclic amines) is 1.